The highest BCUT2D eigenvalue weighted by Gasteiger charge is 2.24. The predicted octanol–water partition coefficient (Wildman–Crippen LogP) is 2.97. The molecule has 6 heteroatoms. The number of nitrogens with zero attached hydrogens (tertiary/aromatic N) is 5. The van der Waals surface area contributed by atoms with Crippen molar-refractivity contribution in [2.24, 2.45) is 0 Å². The van der Waals surface area contributed by atoms with Crippen LogP contribution in [0.1, 0.15) is 27.9 Å². The Balaban J connectivity index is 1.51. The average molecular weight is 395 g/mol. The largest absolute Gasteiger partial charge is 0.294 e. The fourth-order valence-electron chi connectivity index (χ4n) is 4.27. The molecule has 5 rings (SSSR count). The van der Waals surface area contributed by atoms with Gasteiger partial charge in [0.15, 0.2) is 0 Å². The fourth-order valence-corrected chi connectivity index (χ4v) is 4.27. The minimum absolute atomic E-state index is 0.0306. The zero-order chi connectivity index (χ0) is 20.5. The topological polar surface area (TPSA) is 66.3 Å². The first-order chi connectivity index (χ1) is 14.7. The van der Waals surface area contributed by atoms with Gasteiger partial charge in [0, 0.05) is 44.1 Å². The molecule has 1 aliphatic heterocycles. The van der Waals surface area contributed by atoms with Gasteiger partial charge >= 0.3 is 0 Å². The first-order valence-electron chi connectivity index (χ1n) is 10.1. The van der Waals surface area contributed by atoms with Crippen LogP contribution in [0, 0.1) is 11.3 Å². The first kappa shape index (κ1) is 18.3. The Labute approximate surface area is 174 Å². The Morgan fingerprint density at radius 3 is 2.70 bits per heavy atom. The van der Waals surface area contributed by atoms with E-state index in [1.807, 2.05) is 60.8 Å². The summed E-state index contributed by atoms with van der Waals surface area (Å²) in [6, 6.07) is 19.9. The number of aromatic nitrogens is 3. The normalized spacial score (nSPS) is 13.8. The van der Waals surface area contributed by atoms with Crippen molar-refractivity contribution in [2.75, 3.05) is 6.54 Å². The van der Waals surface area contributed by atoms with E-state index in [9.17, 15) is 4.79 Å². The molecule has 0 bridgehead atoms. The maximum Gasteiger partial charge on any atom is 0.259 e. The van der Waals surface area contributed by atoms with Gasteiger partial charge in [-0.2, -0.15) is 5.26 Å². The van der Waals surface area contributed by atoms with Crippen molar-refractivity contribution >= 4 is 5.78 Å². The second kappa shape index (κ2) is 7.62. The maximum absolute atomic E-state index is 13.5. The molecule has 1 aliphatic rings. The predicted molar refractivity (Wildman–Crippen MR) is 114 cm³/mol. The van der Waals surface area contributed by atoms with E-state index in [0.717, 1.165) is 41.9 Å². The summed E-state index contributed by atoms with van der Waals surface area (Å²) in [7, 11) is 0. The first-order valence-corrected chi connectivity index (χ1v) is 10.1. The lowest BCUT2D eigenvalue weighted by Crippen LogP contribution is -2.38. The molecule has 0 radical (unpaired) electrons. The molecule has 0 amide bonds. The quantitative estimate of drug-likeness (QED) is 0.533. The second-order valence-electron chi connectivity index (χ2n) is 7.67. The van der Waals surface area contributed by atoms with E-state index in [-0.39, 0.29) is 5.56 Å². The Morgan fingerprint density at radius 2 is 1.87 bits per heavy atom. The fraction of sp³-hybridized carbons (Fsp3) is 0.208. The minimum Gasteiger partial charge on any atom is -0.294 e. The number of hydrogen-bond donors (Lipinski definition) is 0. The SMILES string of the molecule is N#Cc1cccc(CN2CCc3c(c(=O)n(Cc4ccccc4)c4nccn34)C2)c1. The smallest absolute Gasteiger partial charge is 0.259 e. The van der Waals surface area contributed by atoms with Crippen LogP contribution in [0.2, 0.25) is 0 Å². The van der Waals surface area contributed by atoms with Crippen molar-refractivity contribution in [3.63, 3.8) is 0 Å². The monoisotopic (exact) mass is 395 g/mol. The summed E-state index contributed by atoms with van der Waals surface area (Å²) >= 11 is 0. The van der Waals surface area contributed by atoms with E-state index < -0.39 is 0 Å². The zero-order valence-electron chi connectivity index (χ0n) is 16.5. The molecule has 3 heterocycles. The zero-order valence-corrected chi connectivity index (χ0v) is 16.5. The molecular weight excluding hydrogens is 374 g/mol. The molecule has 0 saturated heterocycles. The second-order valence-corrected chi connectivity index (χ2v) is 7.67. The molecule has 2 aromatic carbocycles. The van der Waals surface area contributed by atoms with Crippen molar-refractivity contribution in [3.05, 3.63) is 105 Å². The summed E-state index contributed by atoms with van der Waals surface area (Å²) in [5.41, 5.74) is 4.74. The highest BCUT2D eigenvalue weighted by molar-refractivity contribution is 5.39. The van der Waals surface area contributed by atoms with Gasteiger partial charge in [-0.05, 0) is 23.3 Å². The van der Waals surface area contributed by atoms with E-state index in [4.69, 9.17) is 5.26 Å². The number of imidazole rings is 1. The van der Waals surface area contributed by atoms with Gasteiger partial charge in [0.2, 0.25) is 5.78 Å². The summed E-state index contributed by atoms with van der Waals surface area (Å²) < 4.78 is 3.83. The molecular formula is C24H21N5O. The lowest BCUT2D eigenvalue weighted by Gasteiger charge is -2.29. The number of rotatable bonds is 4. The molecule has 0 saturated carbocycles. The summed E-state index contributed by atoms with van der Waals surface area (Å²) in [4.78, 5) is 20.2. The molecule has 6 nitrogen and oxygen atoms in total. The van der Waals surface area contributed by atoms with Crippen LogP contribution in [0.4, 0.5) is 0 Å². The summed E-state index contributed by atoms with van der Waals surface area (Å²) in [6.07, 6.45) is 4.50. The van der Waals surface area contributed by atoms with Crippen LogP contribution in [0.3, 0.4) is 0 Å². The molecule has 0 atom stereocenters. The van der Waals surface area contributed by atoms with Crippen LogP contribution in [-0.4, -0.2) is 25.4 Å². The summed E-state index contributed by atoms with van der Waals surface area (Å²) in [6.45, 7) is 2.67. The molecule has 0 N–H and O–H groups in total. The number of nitriles is 1. The Bertz CT molecular complexity index is 1310. The average Bonchev–Trinajstić information content (AvgIpc) is 3.27. The lowest BCUT2D eigenvalue weighted by molar-refractivity contribution is 0.240. The van der Waals surface area contributed by atoms with Crippen LogP contribution in [0.25, 0.3) is 5.78 Å². The summed E-state index contributed by atoms with van der Waals surface area (Å²) in [5, 5.41) is 9.15. The molecule has 0 fully saturated rings. The van der Waals surface area contributed by atoms with Gasteiger partial charge in [0.25, 0.3) is 5.56 Å². The molecule has 2 aromatic heterocycles. The van der Waals surface area contributed by atoms with Gasteiger partial charge in [-0.25, -0.2) is 4.98 Å². The molecule has 0 unspecified atom stereocenters. The molecule has 30 heavy (non-hydrogen) atoms. The van der Waals surface area contributed by atoms with Crippen molar-refractivity contribution in [2.45, 2.75) is 26.1 Å². The lowest BCUT2D eigenvalue weighted by atomic mass is 10.0. The minimum atomic E-state index is 0.0306. The maximum atomic E-state index is 13.5. The van der Waals surface area contributed by atoms with Gasteiger partial charge in [-0.3, -0.25) is 18.7 Å². The Kier molecular flexibility index (Phi) is 4.66. The number of hydrogen-bond acceptors (Lipinski definition) is 4. The third kappa shape index (κ3) is 3.30. The molecule has 0 aliphatic carbocycles. The molecule has 148 valence electrons. The van der Waals surface area contributed by atoms with Crippen molar-refractivity contribution in [3.8, 4) is 6.07 Å². The Morgan fingerprint density at radius 1 is 1.03 bits per heavy atom. The van der Waals surface area contributed by atoms with Crippen LogP contribution in [0.15, 0.2) is 71.8 Å². The van der Waals surface area contributed by atoms with Crippen LogP contribution >= 0.6 is 0 Å². The summed E-state index contributed by atoms with van der Waals surface area (Å²) in [5.74, 6) is 0.692. The molecule has 0 spiro atoms. The van der Waals surface area contributed by atoms with E-state index in [1.54, 1.807) is 10.8 Å². The highest BCUT2D eigenvalue weighted by Crippen LogP contribution is 2.20. The van der Waals surface area contributed by atoms with Gasteiger partial charge in [-0.15, -0.1) is 0 Å². The highest BCUT2D eigenvalue weighted by atomic mass is 16.1. The Hall–Kier alpha value is -3.69. The number of fused-ring (bicyclic) bond motifs is 3. The van der Waals surface area contributed by atoms with Crippen LogP contribution in [-0.2, 0) is 26.1 Å². The van der Waals surface area contributed by atoms with Gasteiger partial charge in [-0.1, -0.05) is 42.5 Å². The van der Waals surface area contributed by atoms with E-state index in [1.165, 1.54) is 0 Å². The van der Waals surface area contributed by atoms with Gasteiger partial charge in [0.05, 0.1) is 23.7 Å². The third-order valence-corrected chi connectivity index (χ3v) is 5.70. The number of benzene rings is 2. The van der Waals surface area contributed by atoms with Gasteiger partial charge in [0.1, 0.15) is 0 Å². The van der Waals surface area contributed by atoms with Crippen LogP contribution in [0.5, 0.6) is 0 Å². The van der Waals surface area contributed by atoms with E-state index in [0.29, 0.717) is 24.4 Å². The van der Waals surface area contributed by atoms with Crippen LogP contribution < -0.4 is 5.56 Å². The van der Waals surface area contributed by atoms with E-state index in [2.05, 4.69) is 20.4 Å². The van der Waals surface area contributed by atoms with Crippen molar-refractivity contribution < 1.29 is 0 Å². The van der Waals surface area contributed by atoms with Crippen molar-refractivity contribution in [1.29, 1.82) is 5.26 Å². The van der Waals surface area contributed by atoms with Crippen molar-refractivity contribution in [1.82, 2.24) is 18.9 Å². The standard InChI is InChI=1S/C24H21N5O/c25-14-19-7-4-8-20(13-19)15-27-11-9-22-21(17-27)23(30)29(24-26-10-12-28(22)24)16-18-5-2-1-3-6-18/h1-8,10,12-13H,9,11,15-17H2. The third-order valence-electron chi connectivity index (χ3n) is 5.70. The molecule has 4 aromatic rings. The van der Waals surface area contributed by atoms with Gasteiger partial charge < -0.3 is 0 Å². The van der Waals surface area contributed by atoms with E-state index >= 15 is 0 Å².